The van der Waals surface area contributed by atoms with Crippen molar-refractivity contribution in [1.82, 2.24) is 4.98 Å². The number of aryl methyl sites for hydroxylation is 1. The summed E-state index contributed by atoms with van der Waals surface area (Å²) in [5.74, 6) is 5.17. The maximum absolute atomic E-state index is 11.0. The molecule has 0 aliphatic heterocycles. The van der Waals surface area contributed by atoms with Crippen LogP contribution in [0.1, 0.15) is 24.6 Å². The average molecular weight is 218 g/mol. The molecule has 84 valence electrons. The fourth-order valence-electron chi connectivity index (χ4n) is 1.05. The number of anilines is 1. The van der Waals surface area contributed by atoms with Crippen molar-refractivity contribution < 1.29 is 9.53 Å². The van der Waals surface area contributed by atoms with Gasteiger partial charge in [-0.2, -0.15) is 0 Å². The summed E-state index contributed by atoms with van der Waals surface area (Å²) >= 11 is 0. The van der Waals surface area contributed by atoms with Gasteiger partial charge in [0.2, 0.25) is 0 Å². The van der Waals surface area contributed by atoms with Crippen LogP contribution in [0.4, 0.5) is 5.69 Å². The summed E-state index contributed by atoms with van der Waals surface area (Å²) in [6, 6.07) is 1.79. The smallest absolute Gasteiger partial charge is 0.317 e. The molecule has 2 N–H and O–H groups in total. The van der Waals surface area contributed by atoms with Gasteiger partial charge in [0.25, 0.3) is 0 Å². The number of carbonyl (C=O) groups is 1. The molecule has 1 aromatic heterocycles. The Labute approximate surface area is 94.8 Å². The molecular formula is C12H14N2O2. The molecule has 0 saturated heterocycles. The maximum Gasteiger partial charge on any atom is 0.317 e. The number of nitrogen functional groups attached to an aromatic ring is 1. The zero-order valence-corrected chi connectivity index (χ0v) is 9.41. The van der Waals surface area contributed by atoms with E-state index in [1.165, 1.54) is 0 Å². The fourth-order valence-corrected chi connectivity index (χ4v) is 1.05. The van der Waals surface area contributed by atoms with E-state index < -0.39 is 0 Å². The Morgan fingerprint density at radius 2 is 2.38 bits per heavy atom. The third-order valence-electron chi connectivity index (χ3n) is 1.91. The van der Waals surface area contributed by atoms with Crippen LogP contribution in [0.25, 0.3) is 0 Å². The summed E-state index contributed by atoms with van der Waals surface area (Å²) in [6.07, 6.45) is 1.64. The summed E-state index contributed by atoms with van der Waals surface area (Å²) in [5.41, 5.74) is 7.79. The molecule has 4 heteroatoms. The number of hydrogen-bond donors (Lipinski definition) is 1. The number of hydrogen-bond acceptors (Lipinski definition) is 4. The zero-order chi connectivity index (χ0) is 12.0. The molecule has 1 rings (SSSR count). The van der Waals surface area contributed by atoms with Crippen molar-refractivity contribution in [2.75, 3.05) is 12.3 Å². The normalized spacial score (nSPS) is 9.12. The maximum atomic E-state index is 11.0. The van der Waals surface area contributed by atoms with E-state index in [4.69, 9.17) is 10.5 Å². The number of nitrogens with two attached hydrogens (primary N) is 1. The standard InChI is InChI=1S/C12H14N2O2/c1-3-16-12(15)6-4-5-10-7-9(2)11(13)8-14-10/h7-8H,3,6,13H2,1-2H3. The summed E-state index contributed by atoms with van der Waals surface area (Å²) in [6.45, 7) is 4.02. The van der Waals surface area contributed by atoms with Gasteiger partial charge < -0.3 is 10.5 Å². The van der Waals surface area contributed by atoms with Crippen LogP contribution in [-0.2, 0) is 9.53 Å². The van der Waals surface area contributed by atoms with Crippen molar-refractivity contribution in [3.8, 4) is 11.8 Å². The molecule has 1 heterocycles. The second kappa shape index (κ2) is 5.76. The van der Waals surface area contributed by atoms with E-state index in [-0.39, 0.29) is 12.4 Å². The summed E-state index contributed by atoms with van der Waals surface area (Å²) in [5, 5.41) is 0. The van der Waals surface area contributed by atoms with Gasteiger partial charge in [-0.3, -0.25) is 4.79 Å². The Kier molecular flexibility index (Phi) is 4.34. The van der Waals surface area contributed by atoms with Crippen molar-refractivity contribution in [2.45, 2.75) is 20.3 Å². The van der Waals surface area contributed by atoms with Gasteiger partial charge >= 0.3 is 5.97 Å². The number of carbonyl (C=O) groups excluding carboxylic acids is 1. The quantitative estimate of drug-likeness (QED) is 0.599. The summed E-state index contributed by atoms with van der Waals surface area (Å²) in [7, 11) is 0. The molecule has 0 amide bonds. The lowest BCUT2D eigenvalue weighted by molar-refractivity contribution is -0.141. The minimum atomic E-state index is -0.317. The Bertz CT molecular complexity index is 444. The summed E-state index contributed by atoms with van der Waals surface area (Å²) in [4.78, 5) is 15.0. The Hall–Kier alpha value is -2.02. The highest BCUT2D eigenvalue weighted by Crippen LogP contribution is 2.08. The van der Waals surface area contributed by atoms with Crippen LogP contribution in [0.5, 0.6) is 0 Å². The Balaban J connectivity index is 2.63. The van der Waals surface area contributed by atoms with Gasteiger partial charge in [0.15, 0.2) is 0 Å². The van der Waals surface area contributed by atoms with Gasteiger partial charge in [0.05, 0.1) is 18.5 Å². The minimum Gasteiger partial charge on any atom is -0.465 e. The second-order valence-corrected chi connectivity index (χ2v) is 3.21. The first-order valence-corrected chi connectivity index (χ1v) is 5.00. The number of esters is 1. The molecule has 0 aromatic carbocycles. The molecule has 0 aliphatic carbocycles. The van der Waals surface area contributed by atoms with E-state index in [0.717, 1.165) is 5.56 Å². The highest BCUT2D eigenvalue weighted by Gasteiger charge is 1.97. The molecule has 0 aliphatic rings. The highest BCUT2D eigenvalue weighted by atomic mass is 16.5. The first-order chi connectivity index (χ1) is 7.63. The molecule has 4 nitrogen and oxygen atoms in total. The van der Waals surface area contributed by atoms with Crippen molar-refractivity contribution >= 4 is 11.7 Å². The molecule has 0 bridgehead atoms. The molecule has 0 atom stereocenters. The SMILES string of the molecule is CCOC(=O)CC#Cc1cc(C)c(N)cn1. The van der Waals surface area contributed by atoms with Crippen LogP contribution < -0.4 is 5.73 Å². The highest BCUT2D eigenvalue weighted by molar-refractivity contribution is 5.72. The first kappa shape index (κ1) is 12.1. The largest absolute Gasteiger partial charge is 0.465 e. The molecule has 0 unspecified atom stereocenters. The fraction of sp³-hybridized carbons (Fsp3) is 0.333. The van der Waals surface area contributed by atoms with Crippen molar-refractivity contribution in [3.05, 3.63) is 23.5 Å². The molecule has 16 heavy (non-hydrogen) atoms. The van der Waals surface area contributed by atoms with Gasteiger partial charge in [-0.05, 0) is 31.4 Å². The van der Waals surface area contributed by atoms with E-state index in [2.05, 4.69) is 16.8 Å². The van der Waals surface area contributed by atoms with E-state index in [1.54, 1.807) is 19.2 Å². The van der Waals surface area contributed by atoms with E-state index >= 15 is 0 Å². The lowest BCUT2D eigenvalue weighted by Gasteiger charge is -1.98. The predicted molar refractivity (Wildman–Crippen MR) is 61.5 cm³/mol. The van der Waals surface area contributed by atoms with Crippen molar-refractivity contribution in [2.24, 2.45) is 0 Å². The molecule has 0 fully saturated rings. The van der Waals surface area contributed by atoms with Gasteiger partial charge in [-0.1, -0.05) is 5.92 Å². The molecule has 0 saturated carbocycles. The number of pyridine rings is 1. The third kappa shape index (κ3) is 3.62. The van der Waals surface area contributed by atoms with Crippen LogP contribution in [0.15, 0.2) is 12.3 Å². The molecule has 0 radical (unpaired) electrons. The lowest BCUT2D eigenvalue weighted by atomic mass is 10.2. The van der Waals surface area contributed by atoms with Crippen LogP contribution in [-0.4, -0.2) is 17.6 Å². The van der Waals surface area contributed by atoms with Crippen molar-refractivity contribution in [1.29, 1.82) is 0 Å². The number of ether oxygens (including phenoxy) is 1. The molecule has 1 aromatic rings. The van der Waals surface area contributed by atoms with E-state index in [0.29, 0.717) is 18.0 Å². The zero-order valence-electron chi connectivity index (χ0n) is 9.41. The topological polar surface area (TPSA) is 65.2 Å². The lowest BCUT2D eigenvalue weighted by Crippen LogP contribution is -2.01. The monoisotopic (exact) mass is 218 g/mol. The minimum absolute atomic E-state index is 0.0823. The second-order valence-electron chi connectivity index (χ2n) is 3.21. The Morgan fingerprint density at radius 3 is 3.00 bits per heavy atom. The van der Waals surface area contributed by atoms with Gasteiger partial charge in [-0.25, -0.2) is 4.98 Å². The first-order valence-electron chi connectivity index (χ1n) is 5.00. The van der Waals surface area contributed by atoms with Crippen LogP contribution in [0.2, 0.25) is 0 Å². The average Bonchev–Trinajstić information content (AvgIpc) is 2.24. The Morgan fingerprint density at radius 1 is 1.62 bits per heavy atom. The number of nitrogens with zero attached hydrogens (tertiary/aromatic N) is 1. The third-order valence-corrected chi connectivity index (χ3v) is 1.91. The van der Waals surface area contributed by atoms with Gasteiger partial charge in [0.1, 0.15) is 12.1 Å². The summed E-state index contributed by atoms with van der Waals surface area (Å²) < 4.78 is 4.74. The van der Waals surface area contributed by atoms with Gasteiger partial charge in [-0.15, -0.1) is 0 Å². The number of rotatable bonds is 2. The van der Waals surface area contributed by atoms with E-state index in [1.807, 2.05) is 6.92 Å². The van der Waals surface area contributed by atoms with Gasteiger partial charge in [0, 0.05) is 0 Å². The predicted octanol–water partition coefficient (Wildman–Crippen LogP) is 1.28. The van der Waals surface area contributed by atoms with Crippen LogP contribution >= 0.6 is 0 Å². The van der Waals surface area contributed by atoms with Crippen molar-refractivity contribution in [3.63, 3.8) is 0 Å². The van der Waals surface area contributed by atoms with E-state index in [9.17, 15) is 4.79 Å². The molecule has 0 spiro atoms. The molecular weight excluding hydrogens is 204 g/mol. The van der Waals surface area contributed by atoms with Crippen LogP contribution in [0, 0.1) is 18.8 Å². The number of aromatic nitrogens is 1. The van der Waals surface area contributed by atoms with Crippen LogP contribution in [0.3, 0.4) is 0 Å².